The molecular formula is C16H23FO. The van der Waals surface area contributed by atoms with Crippen molar-refractivity contribution in [2.24, 2.45) is 11.8 Å². The molecule has 1 aliphatic rings. The van der Waals surface area contributed by atoms with Gasteiger partial charge in [0.1, 0.15) is 5.82 Å². The Bertz CT molecular complexity index is 427. The van der Waals surface area contributed by atoms with Gasteiger partial charge >= 0.3 is 0 Å². The summed E-state index contributed by atoms with van der Waals surface area (Å²) in [6, 6.07) is 5.02. The van der Waals surface area contributed by atoms with Gasteiger partial charge in [-0.25, -0.2) is 4.39 Å². The number of benzene rings is 1. The second kappa shape index (κ2) is 5.00. The highest BCUT2D eigenvalue weighted by atomic mass is 19.1. The summed E-state index contributed by atoms with van der Waals surface area (Å²) in [6.45, 7) is 6.18. The Hall–Kier alpha value is -0.890. The zero-order chi connectivity index (χ0) is 13.3. The monoisotopic (exact) mass is 250 g/mol. The zero-order valence-corrected chi connectivity index (χ0v) is 11.5. The third-order valence-corrected chi connectivity index (χ3v) is 4.40. The van der Waals surface area contributed by atoms with Crippen LogP contribution in [0.15, 0.2) is 18.2 Å². The zero-order valence-electron chi connectivity index (χ0n) is 11.5. The van der Waals surface area contributed by atoms with Gasteiger partial charge in [0.25, 0.3) is 0 Å². The quantitative estimate of drug-likeness (QED) is 0.835. The number of hydrogen-bond acceptors (Lipinski definition) is 1. The average Bonchev–Trinajstić information content (AvgIpc) is 2.32. The molecule has 1 fully saturated rings. The smallest absolute Gasteiger partial charge is 0.126 e. The van der Waals surface area contributed by atoms with E-state index in [0.717, 1.165) is 24.8 Å². The predicted molar refractivity (Wildman–Crippen MR) is 71.8 cm³/mol. The van der Waals surface area contributed by atoms with Gasteiger partial charge in [0.15, 0.2) is 0 Å². The highest BCUT2D eigenvalue weighted by Gasteiger charge is 2.36. The van der Waals surface area contributed by atoms with Crippen molar-refractivity contribution in [2.45, 2.75) is 52.1 Å². The largest absolute Gasteiger partial charge is 0.385 e. The minimum absolute atomic E-state index is 0.196. The molecule has 0 aliphatic heterocycles. The lowest BCUT2D eigenvalue weighted by molar-refractivity contribution is -0.0296. The molecule has 0 bridgehead atoms. The lowest BCUT2D eigenvalue weighted by Gasteiger charge is -2.39. The van der Waals surface area contributed by atoms with Gasteiger partial charge < -0.3 is 5.11 Å². The maximum Gasteiger partial charge on any atom is 0.126 e. The average molecular weight is 250 g/mol. The van der Waals surface area contributed by atoms with Crippen molar-refractivity contribution in [3.8, 4) is 0 Å². The Morgan fingerprint density at radius 3 is 2.72 bits per heavy atom. The van der Waals surface area contributed by atoms with Gasteiger partial charge in [-0.05, 0) is 61.6 Å². The third kappa shape index (κ3) is 2.59. The molecule has 0 radical (unpaired) electrons. The second-order valence-electron chi connectivity index (χ2n) is 6.10. The van der Waals surface area contributed by atoms with Crippen molar-refractivity contribution >= 4 is 0 Å². The summed E-state index contributed by atoms with van der Waals surface area (Å²) in [5, 5.41) is 10.9. The van der Waals surface area contributed by atoms with Gasteiger partial charge in [-0.3, -0.25) is 0 Å². The van der Waals surface area contributed by atoms with Crippen LogP contribution >= 0.6 is 0 Å². The van der Waals surface area contributed by atoms with E-state index in [2.05, 4.69) is 13.8 Å². The minimum atomic E-state index is -0.758. The second-order valence-corrected chi connectivity index (χ2v) is 6.10. The first-order valence-corrected chi connectivity index (χ1v) is 6.91. The van der Waals surface area contributed by atoms with Crippen LogP contribution in [0.25, 0.3) is 0 Å². The molecule has 0 heterocycles. The van der Waals surface area contributed by atoms with Crippen molar-refractivity contribution in [1.82, 2.24) is 0 Å². The van der Waals surface area contributed by atoms with Crippen LogP contribution in [-0.4, -0.2) is 5.11 Å². The Morgan fingerprint density at radius 2 is 2.11 bits per heavy atom. The molecule has 0 spiro atoms. The Kier molecular flexibility index (Phi) is 3.76. The van der Waals surface area contributed by atoms with E-state index in [0.29, 0.717) is 17.4 Å². The summed E-state index contributed by atoms with van der Waals surface area (Å²) in [6.07, 6.45) is 3.84. The first-order chi connectivity index (χ1) is 8.42. The molecule has 2 unspecified atom stereocenters. The molecular weight excluding hydrogens is 227 g/mol. The molecule has 2 rings (SSSR count). The summed E-state index contributed by atoms with van der Waals surface area (Å²) in [5.74, 6) is 0.964. The van der Waals surface area contributed by atoms with Crippen LogP contribution in [0.5, 0.6) is 0 Å². The lowest BCUT2D eigenvalue weighted by Crippen LogP contribution is -2.34. The standard InChI is InChI=1S/C16H23FO/c1-11(2)13-5-4-8-16(18,10-13)14-6-7-15(17)12(3)9-14/h6-7,9,11,13,18H,4-5,8,10H2,1-3H3. The van der Waals surface area contributed by atoms with Crippen LogP contribution in [0.2, 0.25) is 0 Å². The predicted octanol–water partition coefficient (Wildman–Crippen LogP) is 4.17. The maximum atomic E-state index is 13.3. The third-order valence-electron chi connectivity index (χ3n) is 4.40. The van der Waals surface area contributed by atoms with Crippen molar-refractivity contribution in [1.29, 1.82) is 0 Å². The highest BCUT2D eigenvalue weighted by molar-refractivity contribution is 5.29. The van der Waals surface area contributed by atoms with Gasteiger partial charge in [-0.2, -0.15) is 0 Å². The van der Waals surface area contributed by atoms with Crippen LogP contribution < -0.4 is 0 Å². The van der Waals surface area contributed by atoms with Crippen molar-refractivity contribution < 1.29 is 9.50 Å². The fraction of sp³-hybridized carbons (Fsp3) is 0.625. The number of rotatable bonds is 2. The van der Waals surface area contributed by atoms with Gasteiger partial charge in [-0.1, -0.05) is 26.0 Å². The minimum Gasteiger partial charge on any atom is -0.385 e. The van der Waals surface area contributed by atoms with Crippen LogP contribution in [0.4, 0.5) is 4.39 Å². The van der Waals surface area contributed by atoms with E-state index in [-0.39, 0.29) is 5.82 Å². The maximum absolute atomic E-state index is 13.3. The van der Waals surface area contributed by atoms with Crippen molar-refractivity contribution in [2.75, 3.05) is 0 Å². The van der Waals surface area contributed by atoms with E-state index in [1.807, 2.05) is 0 Å². The topological polar surface area (TPSA) is 20.2 Å². The summed E-state index contributed by atoms with van der Waals surface area (Å²) in [5.41, 5.74) is 0.741. The van der Waals surface area contributed by atoms with Gasteiger partial charge in [-0.15, -0.1) is 0 Å². The molecule has 0 amide bonds. The first kappa shape index (κ1) is 13.5. The fourth-order valence-electron chi connectivity index (χ4n) is 3.06. The van der Waals surface area contributed by atoms with Crippen LogP contribution in [0.1, 0.15) is 50.7 Å². The van der Waals surface area contributed by atoms with Crippen molar-refractivity contribution in [3.05, 3.63) is 35.1 Å². The summed E-state index contributed by atoms with van der Waals surface area (Å²) >= 11 is 0. The SMILES string of the molecule is Cc1cc(C2(O)CCCC(C(C)C)C2)ccc1F. The molecule has 1 aromatic carbocycles. The molecule has 100 valence electrons. The summed E-state index contributed by atoms with van der Waals surface area (Å²) < 4.78 is 13.3. The molecule has 18 heavy (non-hydrogen) atoms. The number of aliphatic hydroxyl groups is 1. The van der Waals surface area contributed by atoms with Crippen LogP contribution in [0, 0.1) is 24.6 Å². The van der Waals surface area contributed by atoms with E-state index in [1.165, 1.54) is 12.5 Å². The van der Waals surface area contributed by atoms with E-state index >= 15 is 0 Å². The molecule has 0 aromatic heterocycles. The molecule has 1 saturated carbocycles. The van der Waals surface area contributed by atoms with Crippen LogP contribution in [-0.2, 0) is 5.60 Å². The Morgan fingerprint density at radius 1 is 1.39 bits per heavy atom. The van der Waals surface area contributed by atoms with E-state index < -0.39 is 5.60 Å². The van der Waals surface area contributed by atoms with Gasteiger partial charge in [0.05, 0.1) is 5.60 Å². The van der Waals surface area contributed by atoms with Crippen molar-refractivity contribution in [3.63, 3.8) is 0 Å². The van der Waals surface area contributed by atoms with E-state index in [4.69, 9.17) is 0 Å². The molecule has 1 nitrogen and oxygen atoms in total. The summed E-state index contributed by atoms with van der Waals surface area (Å²) in [7, 11) is 0. The van der Waals surface area contributed by atoms with Gasteiger partial charge in [0, 0.05) is 0 Å². The first-order valence-electron chi connectivity index (χ1n) is 6.91. The Labute approximate surface area is 109 Å². The van der Waals surface area contributed by atoms with Gasteiger partial charge in [0.2, 0.25) is 0 Å². The molecule has 1 aliphatic carbocycles. The molecule has 2 atom stereocenters. The molecule has 1 N–H and O–H groups in total. The number of halogens is 1. The summed E-state index contributed by atoms with van der Waals surface area (Å²) in [4.78, 5) is 0. The van der Waals surface area contributed by atoms with E-state index in [9.17, 15) is 9.50 Å². The van der Waals surface area contributed by atoms with Crippen LogP contribution in [0.3, 0.4) is 0 Å². The Balaban J connectivity index is 2.26. The molecule has 0 saturated heterocycles. The molecule has 2 heteroatoms. The fourth-order valence-corrected chi connectivity index (χ4v) is 3.06. The normalized spacial score (nSPS) is 28.7. The number of hydrogen-bond donors (Lipinski definition) is 1. The lowest BCUT2D eigenvalue weighted by atomic mass is 9.71. The molecule has 1 aromatic rings. The number of aryl methyl sites for hydroxylation is 1. The highest BCUT2D eigenvalue weighted by Crippen LogP contribution is 2.42. The van der Waals surface area contributed by atoms with E-state index in [1.54, 1.807) is 19.1 Å².